The van der Waals surface area contributed by atoms with Crippen LogP contribution in [-0.2, 0) is 18.6 Å². The third-order valence-electron chi connectivity index (χ3n) is 6.02. The van der Waals surface area contributed by atoms with Gasteiger partial charge < -0.3 is 26.4 Å². The fraction of sp³-hybridized carbons (Fsp3) is 0.360. The molecule has 0 bridgehead atoms. The quantitative estimate of drug-likeness (QED) is 0.351. The van der Waals surface area contributed by atoms with E-state index in [4.69, 9.17) is 0 Å². The summed E-state index contributed by atoms with van der Waals surface area (Å²) in [6, 6.07) is 6.87. The van der Waals surface area contributed by atoms with Crippen molar-refractivity contribution in [2.24, 2.45) is 0 Å². The normalized spacial score (nSPS) is 15.3. The zero-order valence-corrected chi connectivity index (χ0v) is 19.7. The lowest BCUT2D eigenvalue weighted by Gasteiger charge is -2.19. The molecule has 182 valence electrons. The van der Waals surface area contributed by atoms with Gasteiger partial charge in [0.2, 0.25) is 5.95 Å². The van der Waals surface area contributed by atoms with E-state index in [9.17, 15) is 14.3 Å². The Kier molecular flexibility index (Phi) is 6.08. The van der Waals surface area contributed by atoms with Gasteiger partial charge in [-0.1, -0.05) is 0 Å². The zero-order valence-electron chi connectivity index (χ0n) is 19.7. The minimum atomic E-state index is -1.14. The van der Waals surface area contributed by atoms with E-state index in [1.165, 1.54) is 12.3 Å². The lowest BCUT2D eigenvalue weighted by atomic mass is 10.00. The highest BCUT2D eigenvalue weighted by molar-refractivity contribution is 5.99. The molecule has 1 aliphatic carbocycles. The smallest absolute Gasteiger partial charge is 0.256 e. The average molecular weight is 478 g/mol. The molecule has 1 aliphatic heterocycles. The van der Waals surface area contributed by atoms with Gasteiger partial charge in [0.05, 0.1) is 11.4 Å². The molecule has 0 radical (unpaired) electrons. The summed E-state index contributed by atoms with van der Waals surface area (Å²) in [4.78, 5) is 25.8. The minimum Gasteiger partial charge on any atom is -0.384 e. The second-order valence-corrected chi connectivity index (χ2v) is 9.47. The number of pyridine rings is 1. The average Bonchev–Trinajstić information content (AvgIpc) is 3.63. The number of benzene rings is 1. The van der Waals surface area contributed by atoms with Crippen molar-refractivity contribution in [2.75, 3.05) is 17.2 Å². The second kappa shape index (κ2) is 9.20. The van der Waals surface area contributed by atoms with E-state index >= 15 is 0 Å². The molecule has 1 aromatic carbocycles. The Labute approximate surface area is 202 Å². The molecule has 1 saturated carbocycles. The number of carbonyl (C=O) groups excluding carboxylic acids is 1. The van der Waals surface area contributed by atoms with Gasteiger partial charge in [-0.05, 0) is 75.0 Å². The Bertz CT molecular complexity index is 1270. The Hall–Kier alpha value is -3.63. The predicted molar refractivity (Wildman–Crippen MR) is 130 cm³/mol. The molecule has 0 atom stereocenters. The number of aliphatic hydroxyl groups is 1. The first kappa shape index (κ1) is 23.1. The summed E-state index contributed by atoms with van der Waals surface area (Å²) in [6.07, 6.45) is 5.69. The molecule has 35 heavy (non-hydrogen) atoms. The fourth-order valence-corrected chi connectivity index (χ4v) is 3.89. The third kappa shape index (κ3) is 5.39. The van der Waals surface area contributed by atoms with Gasteiger partial charge in [0, 0.05) is 30.7 Å². The number of nitrogens with zero attached hydrogens (tertiary/aromatic N) is 3. The number of halogens is 1. The molecular weight excluding hydrogens is 449 g/mol. The first-order valence-corrected chi connectivity index (χ1v) is 11.7. The molecular formula is C25H28FN7O2. The minimum absolute atomic E-state index is 0.153. The number of anilines is 4. The fourth-order valence-electron chi connectivity index (χ4n) is 3.89. The highest BCUT2D eigenvalue weighted by Crippen LogP contribution is 2.28. The SMILES string of the molecule is CC(C)(O)c1cc(Nc2nc(Nc3cc4c(cc3F)CNCC4)ncc2C(=O)NC2CC2)ccn1. The Morgan fingerprint density at radius 1 is 1.17 bits per heavy atom. The molecule has 9 nitrogen and oxygen atoms in total. The van der Waals surface area contributed by atoms with Crippen LogP contribution in [0.15, 0.2) is 36.7 Å². The molecule has 2 aliphatic rings. The van der Waals surface area contributed by atoms with Gasteiger partial charge in [0.25, 0.3) is 5.91 Å². The molecule has 0 saturated heterocycles. The second-order valence-electron chi connectivity index (χ2n) is 9.47. The van der Waals surface area contributed by atoms with Gasteiger partial charge in [-0.2, -0.15) is 4.98 Å². The van der Waals surface area contributed by atoms with E-state index in [0.717, 1.165) is 36.9 Å². The molecule has 3 heterocycles. The van der Waals surface area contributed by atoms with Crippen molar-refractivity contribution in [3.63, 3.8) is 0 Å². The number of amides is 1. The van der Waals surface area contributed by atoms with Crippen LogP contribution in [0.5, 0.6) is 0 Å². The number of fused-ring (bicyclic) bond motifs is 1. The Morgan fingerprint density at radius 2 is 2.00 bits per heavy atom. The van der Waals surface area contributed by atoms with E-state index in [0.29, 0.717) is 17.9 Å². The maximum atomic E-state index is 14.8. The maximum absolute atomic E-state index is 14.8. The van der Waals surface area contributed by atoms with Crippen LogP contribution in [0, 0.1) is 5.82 Å². The number of aromatic nitrogens is 3. The van der Waals surface area contributed by atoms with Crippen LogP contribution in [0.2, 0.25) is 0 Å². The third-order valence-corrected chi connectivity index (χ3v) is 6.02. The lowest BCUT2D eigenvalue weighted by molar-refractivity contribution is 0.0739. The topological polar surface area (TPSA) is 124 Å². The summed E-state index contributed by atoms with van der Waals surface area (Å²) >= 11 is 0. The van der Waals surface area contributed by atoms with E-state index in [1.54, 1.807) is 38.2 Å². The standard InChI is InChI=1S/C25H28FN7O2/c1-25(2,35)21-11-17(6-8-28-21)30-22-18(23(34)31-16-3-4-16)13-29-24(33-22)32-20-10-14-5-7-27-12-15(14)9-19(20)26/h6,8-11,13,16,27,35H,3-5,7,12H2,1-2H3,(H,31,34)(H2,28,29,30,32,33). The van der Waals surface area contributed by atoms with Gasteiger partial charge in [0.15, 0.2) is 0 Å². The zero-order chi connectivity index (χ0) is 24.6. The summed E-state index contributed by atoms with van der Waals surface area (Å²) in [6.45, 7) is 4.76. The predicted octanol–water partition coefficient (Wildman–Crippen LogP) is 3.26. The van der Waals surface area contributed by atoms with Gasteiger partial charge in [-0.3, -0.25) is 9.78 Å². The van der Waals surface area contributed by atoms with Crippen LogP contribution in [-0.4, -0.2) is 38.6 Å². The van der Waals surface area contributed by atoms with Crippen LogP contribution in [0.1, 0.15) is 53.9 Å². The summed E-state index contributed by atoms with van der Waals surface area (Å²) < 4.78 is 14.8. The first-order valence-electron chi connectivity index (χ1n) is 11.7. The van der Waals surface area contributed by atoms with Crippen molar-refractivity contribution in [1.29, 1.82) is 0 Å². The van der Waals surface area contributed by atoms with Crippen molar-refractivity contribution in [2.45, 2.75) is 51.3 Å². The number of carbonyl (C=O) groups is 1. The van der Waals surface area contributed by atoms with E-state index in [2.05, 4.69) is 36.2 Å². The van der Waals surface area contributed by atoms with Crippen LogP contribution in [0.4, 0.5) is 27.5 Å². The van der Waals surface area contributed by atoms with Crippen molar-refractivity contribution in [3.05, 3.63) is 64.9 Å². The summed E-state index contributed by atoms with van der Waals surface area (Å²) in [7, 11) is 0. The summed E-state index contributed by atoms with van der Waals surface area (Å²) in [5, 5.41) is 22.6. The summed E-state index contributed by atoms with van der Waals surface area (Å²) in [5.74, 6) is -0.271. The highest BCUT2D eigenvalue weighted by Gasteiger charge is 2.26. The molecule has 5 rings (SSSR count). The van der Waals surface area contributed by atoms with E-state index < -0.39 is 11.4 Å². The molecule has 1 amide bonds. The molecule has 1 fully saturated rings. The van der Waals surface area contributed by atoms with Crippen molar-refractivity contribution >= 4 is 29.0 Å². The maximum Gasteiger partial charge on any atom is 0.256 e. The number of hydrogen-bond donors (Lipinski definition) is 5. The van der Waals surface area contributed by atoms with Crippen molar-refractivity contribution in [3.8, 4) is 0 Å². The van der Waals surface area contributed by atoms with Crippen LogP contribution < -0.4 is 21.3 Å². The van der Waals surface area contributed by atoms with Gasteiger partial charge >= 0.3 is 0 Å². The molecule has 3 aromatic rings. The van der Waals surface area contributed by atoms with Crippen molar-refractivity contribution < 1.29 is 14.3 Å². The molecule has 0 unspecified atom stereocenters. The van der Waals surface area contributed by atoms with E-state index in [1.807, 2.05) is 0 Å². The number of hydrogen-bond acceptors (Lipinski definition) is 8. The molecule has 5 N–H and O–H groups in total. The lowest BCUT2D eigenvalue weighted by Crippen LogP contribution is -2.27. The highest BCUT2D eigenvalue weighted by atomic mass is 19.1. The molecule has 2 aromatic heterocycles. The summed E-state index contributed by atoms with van der Waals surface area (Å²) in [5.41, 5.74) is 2.47. The van der Waals surface area contributed by atoms with Gasteiger partial charge in [-0.25, -0.2) is 9.37 Å². The van der Waals surface area contributed by atoms with Crippen LogP contribution >= 0.6 is 0 Å². The monoisotopic (exact) mass is 477 g/mol. The van der Waals surface area contributed by atoms with E-state index in [-0.39, 0.29) is 35.0 Å². The van der Waals surface area contributed by atoms with Gasteiger partial charge in [0.1, 0.15) is 22.8 Å². The Balaban J connectivity index is 1.46. The van der Waals surface area contributed by atoms with Crippen LogP contribution in [0.25, 0.3) is 0 Å². The van der Waals surface area contributed by atoms with Crippen LogP contribution in [0.3, 0.4) is 0 Å². The molecule has 0 spiro atoms. The largest absolute Gasteiger partial charge is 0.384 e. The number of nitrogens with one attached hydrogen (secondary N) is 4. The van der Waals surface area contributed by atoms with Crippen molar-refractivity contribution in [1.82, 2.24) is 25.6 Å². The Morgan fingerprint density at radius 3 is 2.77 bits per heavy atom. The van der Waals surface area contributed by atoms with Gasteiger partial charge in [-0.15, -0.1) is 0 Å². The molecule has 10 heteroatoms. The number of rotatable bonds is 7. The first-order chi connectivity index (χ1) is 16.8.